The lowest BCUT2D eigenvalue weighted by Gasteiger charge is -2.26. The summed E-state index contributed by atoms with van der Waals surface area (Å²) >= 11 is 6.48. The number of unbranched alkanes of at least 4 members (excludes halogenated alkanes) is 1. The Hall–Kier alpha value is -3.77. The highest BCUT2D eigenvalue weighted by molar-refractivity contribution is 6.31. The molecular weight excluding hydrogens is 502 g/mol. The number of rotatable bonds is 9. The second-order valence-corrected chi connectivity index (χ2v) is 9.85. The highest BCUT2D eigenvalue weighted by Gasteiger charge is 2.43. The molecule has 0 bridgehead atoms. The first-order valence-electron chi connectivity index (χ1n) is 12.9. The van der Waals surface area contributed by atoms with Crippen LogP contribution in [0.1, 0.15) is 65.5 Å². The van der Waals surface area contributed by atoms with Crippen LogP contribution >= 0.6 is 11.6 Å². The highest BCUT2D eigenvalue weighted by atomic mass is 35.5. The molecule has 196 valence electrons. The van der Waals surface area contributed by atoms with Crippen molar-refractivity contribution in [2.24, 2.45) is 0 Å². The average molecular weight is 532 g/mol. The predicted molar refractivity (Wildman–Crippen MR) is 148 cm³/mol. The van der Waals surface area contributed by atoms with Crippen LogP contribution in [0.5, 0.6) is 11.5 Å². The van der Waals surface area contributed by atoms with E-state index in [-0.39, 0.29) is 23.6 Å². The number of hydrogen-bond acceptors (Lipinski definition) is 5. The minimum Gasteiger partial charge on any atom is -0.490 e. The third-order valence-electron chi connectivity index (χ3n) is 6.76. The molecule has 6 nitrogen and oxygen atoms in total. The minimum atomic E-state index is -0.682. The van der Waals surface area contributed by atoms with Gasteiger partial charge in [-0.15, -0.1) is 0 Å². The summed E-state index contributed by atoms with van der Waals surface area (Å²) in [6.07, 6.45) is 1.94. The van der Waals surface area contributed by atoms with Crippen molar-refractivity contribution in [3.8, 4) is 11.5 Å². The molecule has 4 aromatic rings. The third-order valence-corrected chi connectivity index (χ3v) is 7.13. The zero-order valence-corrected chi connectivity index (χ0v) is 22.5. The first kappa shape index (κ1) is 25.9. The van der Waals surface area contributed by atoms with E-state index >= 15 is 0 Å². The molecule has 0 spiro atoms. The fraction of sp³-hybridized carbons (Fsp3) is 0.290. The molecule has 1 atom stereocenters. The maximum atomic E-state index is 13.9. The highest BCUT2D eigenvalue weighted by Crippen LogP contribution is 2.42. The number of carbonyl (C=O) groups is 1. The Kier molecular flexibility index (Phi) is 7.43. The summed E-state index contributed by atoms with van der Waals surface area (Å²) < 4.78 is 18.0. The van der Waals surface area contributed by atoms with Gasteiger partial charge in [0.05, 0.1) is 30.2 Å². The Labute approximate surface area is 226 Å². The van der Waals surface area contributed by atoms with Crippen LogP contribution in [-0.4, -0.2) is 24.0 Å². The Morgan fingerprint density at radius 1 is 0.974 bits per heavy atom. The van der Waals surface area contributed by atoms with Crippen molar-refractivity contribution in [3.05, 3.63) is 104 Å². The van der Waals surface area contributed by atoms with E-state index in [2.05, 4.69) is 6.92 Å². The molecule has 2 heterocycles. The summed E-state index contributed by atoms with van der Waals surface area (Å²) in [7, 11) is 0. The smallest absolute Gasteiger partial charge is 0.291 e. The van der Waals surface area contributed by atoms with Crippen molar-refractivity contribution in [2.75, 3.05) is 13.2 Å². The van der Waals surface area contributed by atoms with Gasteiger partial charge in [-0.3, -0.25) is 9.59 Å². The standard InChI is InChI=1S/C31H30ClNO5/c1-4-6-15-37-25-14-12-20(17-26(25)36-5-2)28-27-29(34)22-16-19(3)11-13-24(22)38-30(27)31(35)33(28)18-21-9-7-8-10-23(21)32/h7-14,16-17,28H,4-6,15,18H2,1-3H3. The van der Waals surface area contributed by atoms with E-state index in [9.17, 15) is 9.59 Å². The van der Waals surface area contributed by atoms with Crippen molar-refractivity contribution in [3.63, 3.8) is 0 Å². The van der Waals surface area contributed by atoms with Crippen molar-refractivity contribution in [2.45, 2.75) is 46.2 Å². The molecule has 0 fully saturated rings. The number of aryl methyl sites for hydroxylation is 1. The molecule has 5 rings (SSSR count). The van der Waals surface area contributed by atoms with E-state index in [1.165, 1.54) is 0 Å². The summed E-state index contributed by atoms with van der Waals surface area (Å²) in [4.78, 5) is 29.3. The summed E-state index contributed by atoms with van der Waals surface area (Å²) in [5.74, 6) is 0.906. The third kappa shape index (κ3) is 4.76. The Balaban J connectivity index is 1.68. The molecule has 1 aliphatic heterocycles. The van der Waals surface area contributed by atoms with Crippen molar-refractivity contribution >= 4 is 28.5 Å². The average Bonchev–Trinajstić information content (AvgIpc) is 3.18. The van der Waals surface area contributed by atoms with Crippen LogP contribution in [0.4, 0.5) is 0 Å². The lowest BCUT2D eigenvalue weighted by Crippen LogP contribution is -2.29. The Morgan fingerprint density at radius 2 is 1.79 bits per heavy atom. The summed E-state index contributed by atoms with van der Waals surface area (Å²) in [6.45, 7) is 7.17. The van der Waals surface area contributed by atoms with Gasteiger partial charge in [0, 0.05) is 11.6 Å². The number of nitrogens with zero attached hydrogens (tertiary/aromatic N) is 1. The molecule has 1 unspecified atom stereocenters. The first-order valence-corrected chi connectivity index (χ1v) is 13.3. The van der Waals surface area contributed by atoms with Crippen LogP contribution in [0.2, 0.25) is 5.02 Å². The Morgan fingerprint density at radius 3 is 2.55 bits per heavy atom. The van der Waals surface area contributed by atoms with E-state index in [1.54, 1.807) is 23.1 Å². The summed E-state index contributed by atoms with van der Waals surface area (Å²) in [6, 6.07) is 17.7. The van der Waals surface area contributed by atoms with Crippen LogP contribution in [0.15, 0.2) is 69.9 Å². The van der Waals surface area contributed by atoms with Crippen LogP contribution in [0, 0.1) is 6.92 Å². The fourth-order valence-corrected chi connectivity index (χ4v) is 5.06. The molecule has 0 N–H and O–H groups in total. The molecule has 0 saturated heterocycles. The fourth-order valence-electron chi connectivity index (χ4n) is 4.86. The summed E-state index contributed by atoms with van der Waals surface area (Å²) in [5.41, 5.74) is 2.94. The van der Waals surface area contributed by atoms with E-state index < -0.39 is 6.04 Å². The quantitative estimate of drug-likeness (QED) is 0.216. The van der Waals surface area contributed by atoms with E-state index in [0.29, 0.717) is 46.3 Å². The van der Waals surface area contributed by atoms with Gasteiger partial charge in [0.2, 0.25) is 5.76 Å². The molecule has 38 heavy (non-hydrogen) atoms. The van der Waals surface area contributed by atoms with E-state index in [1.807, 2.05) is 56.3 Å². The SMILES string of the molecule is CCCCOc1ccc(C2c3c(oc4ccc(C)cc4c3=O)C(=O)N2Cc2ccccc2Cl)cc1OCC. The number of amides is 1. The van der Waals surface area contributed by atoms with Gasteiger partial charge in [0.25, 0.3) is 5.91 Å². The topological polar surface area (TPSA) is 69.0 Å². The van der Waals surface area contributed by atoms with Crippen LogP contribution in [0.3, 0.4) is 0 Å². The molecule has 0 radical (unpaired) electrons. The number of halogens is 1. The van der Waals surface area contributed by atoms with Crippen molar-refractivity contribution in [1.29, 1.82) is 0 Å². The van der Waals surface area contributed by atoms with E-state index in [4.69, 9.17) is 25.5 Å². The zero-order valence-electron chi connectivity index (χ0n) is 21.8. The molecule has 0 saturated carbocycles. The van der Waals surface area contributed by atoms with Gasteiger partial charge in [-0.1, -0.05) is 60.8 Å². The summed E-state index contributed by atoms with van der Waals surface area (Å²) in [5, 5.41) is 0.996. The lowest BCUT2D eigenvalue weighted by molar-refractivity contribution is 0.0714. The molecule has 7 heteroatoms. The van der Waals surface area contributed by atoms with Gasteiger partial charge >= 0.3 is 0 Å². The second kappa shape index (κ2) is 10.9. The van der Waals surface area contributed by atoms with E-state index in [0.717, 1.165) is 29.5 Å². The van der Waals surface area contributed by atoms with Gasteiger partial charge < -0.3 is 18.8 Å². The van der Waals surface area contributed by atoms with Gasteiger partial charge in [0.15, 0.2) is 16.9 Å². The van der Waals surface area contributed by atoms with Gasteiger partial charge in [-0.25, -0.2) is 0 Å². The maximum Gasteiger partial charge on any atom is 0.291 e. The molecular formula is C31H30ClNO5. The van der Waals surface area contributed by atoms with Crippen molar-refractivity contribution in [1.82, 2.24) is 4.90 Å². The first-order chi connectivity index (χ1) is 18.4. The predicted octanol–water partition coefficient (Wildman–Crippen LogP) is 7.08. The largest absolute Gasteiger partial charge is 0.490 e. The van der Waals surface area contributed by atoms with Crippen molar-refractivity contribution < 1.29 is 18.7 Å². The molecule has 1 aliphatic rings. The number of ether oxygens (including phenoxy) is 2. The zero-order chi connectivity index (χ0) is 26.8. The second-order valence-electron chi connectivity index (χ2n) is 9.44. The molecule has 1 amide bonds. The normalized spacial score (nSPS) is 14.7. The number of fused-ring (bicyclic) bond motifs is 2. The maximum absolute atomic E-state index is 13.9. The molecule has 1 aromatic heterocycles. The van der Waals surface area contributed by atoms with Gasteiger partial charge in [-0.05, 0) is 61.7 Å². The minimum absolute atomic E-state index is 0.0599. The number of benzene rings is 3. The molecule has 0 aliphatic carbocycles. The van der Waals surface area contributed by atoms with Gasteiger partial charge in [0.1, 0.15) is 5.58 Å². The van der Waals surface area contributed by atoms with Crippen LogP contribution in [0.25, 0.3) is 11.0 Å². The molecule has 3 aromatic carbocycles. The lowest BCUT2D eigenvalue weighted by atomic mass is 9.97. The number of carbonyl (C=O) groups excluding carboxylic acids is 1. The number of hydrogen-bond donors (Lipinski definition) is 0. The Bertz CT molecular complexity index is 1560. The van der Waals surface area contributed by atoms with Crippen LogP contribution in [-0.2, 0) is 6.54 Å². The monoisotopic (exact) mass is 531 g/mol. The van der Waals surface area contributed by atoms with Gasteiger partial charge in [-0.2, -0.15) is 0 Å². The van der Waals surface area contributed by atoms with Crippen LogP contribution < -0.4 is 14.9 Å².